The normalized spacial score (nSPS) is 10.9. The van der Waals surface area contributed by atoms with Crippen LogP contribution in [0.1, 0.15) is 39.9 Å². The number of carbonyl (C=O) groups excluding carboxylic acids is 1. The largest absolute Gasteiger partial charge is 0.467 e. The summed E-state index contributed by atoms with van der Waals surface area (Å²) in [4.78, 5) is 12.9. The smallest absolute Gasteiger partial charge is 0.259 e. The zero-order valence-electron chi connectivity index (χ0n) is 17.5. The quantitative estimate of drug-likeness (QED) is 0.415. The zero-order chi connectivity index (χ0) is 21.5. The summed E-state index contributed by atoms with van der Waals surface area (Å²) in [7, 11) is 0. The number of ether oxygens (including phenoxy) is 1. The number of carbonyl (C=O) groups is 1. The third-order valence-electron chi connectivity index (χ3n) is 4.98. The Balaban J connectivity index is 1.41. The van der Waals surface area contributed by atoms with Gasteiger partial charge < -0.3 is 14.5 Å². The first-order chi connectivity index (χ1) is 15.2. The predicted octanol–water partition coefficient (Wildman–Crippen LogP) is 5.06. The number of benzene rings is 2. The topological polar surface area (TPSA) is 69.3 Å². The van der Waals surface area contributed by atoms with Crippen LogP contribution in [0.15, 0.2) is 83.6 Å². The van der Waals surface area contributed by atoms with Gasteiger partial charge in [-0.3, -0.25) is 9.48 Å². The molecule has 31 heavy (non-hydrogen) atoms. The minimum absolute atomic E-state index is 0.162. The molecule has 4 rings (SSSR count). The molecule has 0 atom stereocenters. The van der Waals surface area contributed by atoms with E-state index in [1.165, 1.54) is 0 Å². The maximum atomic E-state index is 12.9. The van der Waals surface area contributed by atoms with Gasteiger partial charge in [0.15, 0.2) is 0 Å². The van der Waals surface area contributed by atoms with Crippen molar-refractivity contribution in [1.82, 2.24) is 9.78 Å². The van der Waals surface area contributed by atoms with E-state index in [4.69, 9.17) is 9.15 Å². The third-order valence-corrected chi connectivity index (χ3v) is 4.98. The highest BCUT2D eigenvalue weighted by atomic mass is 16.5. The van der Waals surface area contributed by atoms with E-state index in [0.717, 1.165) is 34.7 Å². The number of nitrogens with zero attached hydrogens (tertiary/aromatic N) is 2. The fourth-order valence-corrected chi connectivity index (χ4v) is 3.47. The zero-order valence-corrected chi connectivity index (χ0v) is 17.5. The van der Waals surface area contributed by atoms with Gasteiger partial charge in [0.25, 0.3) is 5.91 Å². The lowest BCUT2D eigenvalue weighted by atomic mass is 10.1. The van der Waals surface area contributed by atoms with Crippen LogP contribution in [0.25, 0.3) is 0 Å². The Hall–Kier alpha value is -3.64. The van der Waals surface area contributed by atoms with Gasteiger partial charge in [-0.05, 0) is 41.8 Å². The maximum Gasteiger partial charge on any atom is 0.259 e. The minimum atomic E-state index is -0.162. The number of nitrogens with one attached hydrogen (secondary N) is 1. The number of hydrogen-bond acceptors (Lipinski definition) is 4. The lowest BCUT2D eigenvalue weighted by Gasteiger charge is -2.10. The lowest BCUT2D eigenvalue weighted by Crippen LogP contribution is -2.15. The van der Waals surface area contributed by atoms with Crippen molar-refractivity contribution in [3.63, 3.8) is 0 Å². The summed E-state index contributed by atoms with van der Waals surface area (Å²) in [6.07, 6.45) is 3.99. The van der Waals surface area contributed by atoms with Gasteiger partial charge in [-0.2, -0.15) is 5.10 Å². The highest BCUT2D eigenvalue weighted by molar-refractivity contribution is 6.05. The van der Waals surface area contributed by atoms with Gasteiger partial charge in [-0.15, -0.1) is 0 Å². The van der Waals surface area contributed by atoms with E-state index in [-0.39, 0.29) is 5.91 Å². The van der Waals surface area contributed by atoms with Crippen LogP contribution in [0.4, 0.5) is 5.69 Å². The van der Waals surface area contributed by atoms with Crippen LogP contribution in [-0.2, 0) is 30.9 Å². The van der Waals surface area contributed by atoms with Gasteiger partial charge >= 0.3 is 0 Å². The molecule has 0 radical (unpaired) electrons. The number of furan rings is 1. The van der Waals surface area contributed by atoms with Crippen LogP contribution in [0.5, 0.6) is 0 Å². The van der Waals surface area contributed by atoms with Crippen LogP contribution >= 0.6 is 0 Å². The number of aromatic nitrogens is 2. The van der Waals surface area contributed by atoms with E-state index >= 15 is 0 Å². The second kappa shape index (κ2) is 9.91. The summed E-state index contributed by atoms with van der Waals surface area (Å²) >= 11 is 0. The second-order valence-corrected chi connectivity index (χ2v) is 7.23. The molecule has 0 saturated carbocycles. The van der Waals surface area contributed by atoms with Crippen LogP contribution in [0.3, 0.4) is 0 Å². The summed E-state index contributed by atoms with van der Waals surface area (Å²) < 4.78 is 12.8. The van der Waals surface area contributed by atoms with E-state index in [1.54, 1.807) is 12.5 Å². The van der Waals surface area contributed by atoms with Gasteiger partial charge in [0.1, 0.15) is 12.4 Å². The fourth-order valence-electron chi connectivity index (χ4n) is 3.47. The number of anilines is 1. The van der Waals surface area contributed by atoms with Gasteiger partial charge in [0.05, 0.1) is 36.9 Å². The molecule has 0 aliphatic carbocycles. The first-order valence-electron chi connectivity index (χ1n) is 10.3. The van der Waals surface area contributed by atoms with Crippen molar-refractivity contribution >= 4 is 11.6 Å². The molecule has 0 bridgehead atoms. The minimum Gasteiger partial charge on any atom is -0.467 e. The number of amides is 1. The van der Waals surface area contributed by atoms with Gasteiger partial charge in [-0.25, -0.2) is 0 Å². The molecule has 0 aliphatic rings. The fraction of sp³-hybridized carbons (Fsp3) is 0.200. The Bertz CT molecular complexity index is 1120. The van der Waals surface area contributed by atoms with E-state index in [1.807, 2.05) is 66.2 Å². The molecule has 0 aliphatic heterocycles. The van der Waals surface area contributed by atoms with Crippen molar-refractivity contribution in [3.8, 4) is 0 Å². The standard InChI is InChI=1S/C25H25N3O3/c1-2-24-23(15-26-28(24)16-19-8-4-3-5-9-19)25(29)27-21-11-6-10-20(14-21)17-30-18-22-12-7-13-31-22/h3-15H,2,16-18H2,1H3,(H,27,29). The molecule has 2 aromatic carbocycles. The summed E-state index contributed by atoms with van der Waals surface area (Å²) in [6, 6.07) is 21.5. The molecule has 0 unspecified atom stereocenters. The first-order valence-corrected chi connectivity index (χ1v) is 10.3. The van der Waals surface area contributed by atoms with E-state index in [2.05, 4.69) is 22.5 Å². The Morgan fingerprint density at radius 3 is 2.65 bits per heavy atom. The maximum absolute atomic E-state index is 12.9. The molecule has 1 amide bonds. The Labute approximate surface area is 181 Å². The van der Waals surface area contributed by atoms with Crippen molar-refractivity contribution in [3.05, 3.63) is 107 Å². The molecule has 0 saturated heterocycles. The Morgan fingerprint density at radius 1 is 1.03 bits per heavy atom. The van der Waals surface area contributed by atoms with Crippen LogP contribution in [-0.4, -0.2) is 15.7 Å². The highest BCUT2D eigenvalue weighted by Crippen LogP contribution is 2.17. The first kappa shape index (κ1) is 20.6. The summed E-state index contributed by atoms with van der Waals surface area (Å²) in [5.74, 6) is 0.619. The molecule has 6 heteroatoms. The molecule has 0 fully saturated rings. The van der Waals surface area contributed by atoms with Crippen LogP contribution < -0.4 is 5.32 Å². The molecule has 2 heterocycles. The van der Waals surface area contributed by atoms with Crippen LogP contribution in [0.2, 0.25) is 0 Å². The van der Waals surface area contributed by atoms with Crippen molar-refractivity contribution in [2.24, 2.45) is 0 Å². The third kappa shape index (κ3) is 5.29. The molecule has 1 N–H and O–H groups in total. The summed E-state index contributed by atoms with van der Waals surface area (Å²) in [6.45, 7) is 3.51. The average molecular weight is 415 g/mol. The van der Waals surface area contributed by atoms with Crippen molar-refractivity contribution in [2.45, 2.75) is 33.1 Å². The van der Waals surface area contributed by atoms with E-state index < -0.39 is 0 Å². The lowest BCUT2D eigenvalue weighted by molar-refractivity contribution is 0.0929. The van der Waals surface area contributed by atoms with Gasteiger partial charge in [0.2, 0.25) is 0 Å². The molecular weight excluding hydrogens is 390 g/mol. The van der Waals surface area contributed by atoms with Crippen LogP contribution in [0, 0.1) is 0 Å². The molecule has 0 spiro atoms. The molecule has 158 valence electrons. The SMILES string of the molecule is CCc1c(C(=O)Nc2cccc(COCc3ccco3)c2)cnn1Cc1ccccc1. The van der Waals surface area contributed by atoms with E-state index in [9.17, 15) is 4.79 Å². The van der Waals surface area contributed by atoms with E-state index in [0.29, 0.717) is 25.3 Å². The van der Waals surface area contributed by atoms with Crippen molar-refractivity contribution < 1.29 is 13.9 Å². The molecular formula is C25H25N3O3. The summed E-state index contributed by atoms with van der Waals surface area (Å²) in [5.41, 5.74) is 4.36. The average Bonchev–Trinajstić information content (AvgIpc) is 3.44. The number of rotatable bonds is 9. The van der Waals surface area contributed by atoms with Crippen molar-refractivity contribution in [2.75, 3.05) is 5.32 Å². The van der Waals surface area contributed by atoms with Gasteiger partial charge in [-0.1, -0.05) is 49.4 Å². The molecule has 6 nitrogen and oxygen atoms in total. The number of hydrogen-bond donors (Lipinski definition) is 1. The monoisotopic (exact) mass is 415 g/mol. The highest BCUT2D eigenvalue weighted by Gasteiger charge is 2.16. The Morgan fingerprint density at radius 2 is 1.87 bits per heavy atom. The summed E-state index contributed by atoms with van der Waals surface area (Å²) in [5, 5.41) is 7.44. The Kier molecular flexibility index (Phi) is 6.59. The second-order valence-electron chi connectivity index (χ2n) is 7.23. The molecule has 4 aromatic rings. The molecule has 2 aromatic heterocycles. The predicted molar refractivity (Wildman–Crippen MR) is 119 cm³/mol. The van der Waals surface area contributed by atoms with Crippen molar-refractivity contribution in [1.29, 1.82) is 0 Å². The van der Waals surface area contributed by atoms with Gasteiger partial charge in [0, 0.05) is 5.69 Å².